The van der Waals surface area contributed by atoms with Crippen LogP contribution in [0.5, 0.6) is 0 Å². The van der Waals surface area contributed by atoms with E-state index in [0.29, 0.717) is 12.2 Å². The summed E-state index contributed by atoms with van der Waals surface area (Å²) < 4.78 is 0. The maximum absolute atomic E-state index is 12.2. The molecule has 88 valence electrons. The monoisotopic (exact) mass is 229 g/mol. The minimum absolute atomic E-state index is 0.0301. The van der Waals surface area contributed by atoms with Crippen LogP contribution >= 0.6 is 0 Å². The molecule has 1 atom stereocenters. The SMILES string of the molecule is Cc1cccc(C(=O)N2CCCC(C#N)C2)n1. The van der Waals surface area contributed by atoms with Crippen LogP contribution in [0.15, 0.2) is 18.2 Å². The molecule has 1 aliphatic rings. The van der Waals surface area contributed by atoms with E-state index in [1.54, 1.807) is 11.0 Å². The predicted molar refractivity (Wildman–Crippen MR) is 63.2 cm³/mol. The van der Waals surface area contributed by atoms with Gasteiger partial charge in [0.05, 0.1) is 12.0 Å². The summed E-state index contributed by atoms with van der Waals surface area (Å²) in [5.74, 6) is -0.0915. The summed E-state index contributed by atoms with van der Waals surface area (Å²) in [6.45, 7) is 3.13. The molecule has 1 saturated heterocycles. The van der Waals surface area contributed by atoms with Crippen molar-refractivity contribution >= 4 is 5.91 Å². The number of pyridine rings is 1. The van der Waals surface area contributed by atoms with Gasteiger partial charge in [-0.25, -0.2) is 4.98 Å². The second kappa shape index (κ2) is 4.96. The molecule has 0 spiro atoms. The van der Waals surface area contributed by atoms with E-state index in [1.807, 2.05) is 19.1 Å². The Labute approximate surface area is 101 Å². The summed E-state index contributed by atoms with van der Waals surface area (Å²) in [5, 5.41) is 8.90. The highest BCUT2D eigenvalue weighted by Gasteiger charge is 2.24. The van der Waals surface area contributed by atoms with Gasteiger partial charge in [0.1, 0.15) is 5.69 Å². The molecule has 0 bridgehead atoms. The maximum atomic E-state index is 12.2. The first-order valence-corrected chi connectivity index (χ1v) is 5.83. The summed E-state index contributed by atoms with van der Waals surface area (Å²) in [7, 11) is 0. The lowest BCUT2D eigenvalue weighted by molar-refractivity contribution is 0.0692. The predicted octanol–water partition coefficient (Wildman–Crippen LogP) is 1.77. The zero-order chi connectivity index (χ0) is 12.3. The fraction of sp³-hybridized carbons (Fsp3) is 0.462. The zero-order valence-electron chi connectivity index (χ0n) is 9.89. The van der Waals surface area contributed by atoms with Crippen LogP contribution in [0.25, 0.3) is 0 Å². The Morgan fingerprint density at radius 3 is 3.12 bits per heavy atom. The number of nitriles is 1. The Balaban J connectivity index is 2.12. The van der Waals surface area contributed by atoms with Crippen molar-refractivity contribution in [3.63, 3.8) is 0 Å². The van der Waals surface area contributed by atoms with Crippen LogP contribution < -0.4 is 0 Å². The fourth-order valence-corrected chi connectivity index (χ4v) is 2.09. The summed E-state index contributed by atoms with van der Waals surface area (Å²) in [5.41, 5.74) is 1.31. The highest BCUT2D eigenvalue weighted by atomic mass is 16.2. The first-order chi connectivity index (χ1) is 8.20. The van der Waals surface area contributed by atoms with Gasteiger partial charge in [0.15, 0.2) is 0 Å². The van der Waals surface area contributed by atoms with Crippen molar-refractivity contribution in [2.75, 3.05) is 13.1 Å². The largest absolute Gasteiger partial charge is 0.336 e. The quantitative estimate of drug-likeness (QED) is 0.737. The van der Waals surface area contributed by atoms with E-state index >= 15 is 0 Å². The molecule has 0 radical (unpaired) electrons. The molecule has 1 unspecified atom stereocenters. The molecule has 2 heterocycles. The Bertz CT molecular complexity index is 464. The third-order valence-corrected chi connectivity index (χ3v) is 3.00. The van der Waals surface area contributed by atoms with Crippen LogP contribution in [-0.2, 0) is 0 Å². The van der Waals surface area contributed by atoms with Gasteiger partial charge in [-0.15, -0.1) is 0 Å². The first kappa shape index (κ1) is 11.6. The number of hydrogen-bond acceptors (Lipinski definition) is 3. The van der Waals surface area contributed by atoms with Crippen molar-refractivity contribution in [2.24, 2.45) is 5.92 Å². The third-order valence-electron chi connectivity index (χ3n) is 3.00. The third kappa shape index (κ3) is 2.62. The molecule has 0 aromatic carbocycles. The van der Waals surface area contributed by atoms with Crippen LogP contribution in [0.4, 0.5) is 0 Å². The lowest BCUT2D eigenvalue weighted by Crippen LogP contribution is -2.39. The second-order valence-corrected chi connectivity index (χ2v) is 4.38. The topological polar surface area (TPSA) is 57.0 Å². The van der Waals surface area contributed by atoms with Gasteiger partial charge < -0.3 is 4.90 Å². The molecular formula is C13H15N3O. The highest BCUT2D eigenvalue weighted by Crippen LogP contribution is 2.17. The van der Waals surface area contributed by atoms with E-state index in [2.05, 4.69) is 11.1 Å². The van der Waals surface area contributed by atoms with Gasteiger partial charge in [-0.2, -0.15) is 5.26 Å². The molecule has 17 heavy (non-hydrogen) atoms. The molecule has 1 aromatic heterocycles. The molecule has 1 fully saturated rings. The highest BCUT2D eigenvalue weighted by molar-refractivity contribution is 5.92. The lowest BCUT2D eigenvalue weighted by Gasteiger charge is -2.29. The molecule has 4 nitrogen and oxygen atoms in total. The lowest BCUT2D eigenvalue weighted by atomic mass is 9.99. The normalized spacial score (nSPS) is 19.8. The van der Waals surface area contributed by atoms with E-state index in [-0.39, 0.29) is 11.8 Å². The van der Waals surface area contributed by atoms with Crippen molar-refractivity contribution in [1.29, 1.82) is 5.26 Å². The van der Waals surface area contributed by atoms with Gasteiger partial charge in [0.25, 0.3) is 5.91 Å². The van der Waals surface area contributed by atoms with Gasteiger partial charge in [0.2, 0.25) is 0 Å². The number of likely N-dealkylation sites (tertiary alicyclic amines) is 1. The molecule has 1 aliphatic heterocycles. The van der Waals surface area contributed by atoms with Crippen LogP contribution in [0.1, 0.15) is 29.0 Å². The van der Waals surface area contributed by atoms with E-state index in [1.165, 1.54) is 0 Å². The second-order valence-electron chi connectivity index (χ2n) is 4.38. The number of piperidine rings is 1. The van der Waals surface area contributed by atoms with E-state index in [0.717, 1.165) is 25.1 Å². The molecule has 0 saturated carbocycles. The number of carbonyl (C=O) groups is 1. The molecule has 0 N–H and O–H groups in total. The average Bonchev–Trinajstić information content (AvgIpc) is 2.38. The zero-order valence-corrected chi connectivity index (χ0v) is 9.89. The van der Waals surface area contributed by atoms with Gasteiger partial charge in [-0.05, 0) is 31.9 Å². The van der Waals surface area contributed by atoms with Crippen LogP contribution in [0.3, 0.4) is 0 Å². The van der Waals surface area contributed by atoms with Crippen molar-refractivity contribution in [2.45, 2.75) is 19.8 Å². The molecule has 4 heteroatoms. The Morgan fingerprint density at radius 1 is 1.59 bits per heavy atom. The molecule has 1 aromatic rings. The number of hydrogen-bond donors (Lipinski definition) is 0. The fourth-order valence-electron chi connectivity index (χ4n) is 2.09. The van der Waals surface area contributed by atoms with Gasteiger partial charge in [-0.3, -0.25) is 4.79 Å². The smallest absolute Gasteiger partial charge is 0.272 e. The Kier molecular flexibility index (Phi) is 3.38. The molecular weight excluding hydrogens is 214 g/mol. The van der Waals surface area contributed by atoms with Gasteiger partial charge in [0, 0.05) is 18.8 Å². The number of carbonyl (C=O) groups excluding carboxylic acids is 1. The number of nitrogens with zero attached hydrogens (tertiary/aromatic N) is 3. The number of aromatic nitrogens is 1. The number of rotatable bonds is 1. The average molecular weight is 229 g/mol. The Hall–Kier alpha value is -1.89. The van der Waals surface area contributed by atoms with Gasteiger partial charge in [-0.1, -0.05) is 6.07 Å². The molecule has 0 aliphatic carbocycles. The Morgan fingerprint density at radius 2 is 2.41 bits per heavy atom. The van der Waals surface area contributed by atoms with E-state index < -0.39 is 0 Å². The van der Waals surface area contributed by atoms with Crippen LogP contribution in [0, 0.1) is 24.2 Å². The maximum Gasteiger partial charge on any atom is 0.272 e. The first-order valence-electron chi connectivity index (χ1n) is 5.83. The van der Waals surface area contributed by atoms with Crippen molar-refractivity contribution < 1.29 is 4.79 Å². The standard InChI is InChI=1S/C13H15N3O/c1-10-4-2-6-12(15-10)13(17)16-7-3-5-11(8-14)9-16/h2,4,6,11H,3,5,7,9H2,1H3. The molecule has 2 rings (SSSR count). The summed E-state index contributed by atoms with van der Waals surface area (Å²) in [6.07, 6.45) is 1.79. The minimum atomic E-state index is -0.0614. The minimum Gasteiger partial charge on any atom is -0.336 e. The van der Waals surface area contributed by atoms with Crippen LogP contribution in [-0.4, -0.2) is 28.9 Å². The summed E-state index contributed by atoms with van der Waals surface area (Å²) in [6, 6.07) is 7.67. The summed E-state index contributed by atoms with van der Waals surface area (Å²) in [4.78, 5) is 18.1. The van der Waals surface area contributed by atoms with Crippen LogP contribution in [0.2, 0.25) is 0 Å². The van der Waals surface area contributed by atoms with Crippen molar-refractivity contribution in [3.8, 4) is 6.07 Å². The van der Waals surface area contributed by atoms with Crippen molar-refractivity contribution in [1.82, 2.24) is 9.88 Å². The number of aryl methyl sites for hydroxylation is 1. The summed E-state index contributed by atoms with van der Waals surface area (Å²) >= 11 is 0. The number of amides is 1. The van der Waals surface area contributed by atoms with Crippen molar-refractivity contribution in [3.05, 3.63) is 29.6 Å². The van der Waals surface area contributed by atoms with E-state index in [4.69, 9.17) is 5.26 Å². The van der Waals surface area contributed by atoms with Gasteiger partial charge >= 0.3 is 0 Å². The van der Waals surface area contributed by atoms with E-state index in [9.17, 15) is 4.79 Å². The molecule has 1 amide bonds.